The van der Waals surface area contributed by atoms with Gasteiger partial charge in [-0.1, -0.05) is 72.1 Å². The number of nitrogens with two attached hydrogens (primary N) is 1. The molecule has 0 radical (unpaired) electrons. The first-order chi connectivity index (χ1) is 10.2. The third kappa shape index (κ3) is 14.6. The van der Waals surface area contributed by atoms with Crippen LogP contribution in [-0.4, -0.2) is 19.1 Å². The lowest BCUT2D eigenvalue weighted by Gasteiger charge is -2.19. The minimum atomic E-state index is 0.680. The third-order valence-corrected chi connectivity index (χ3v) is 4.52. The highest BCUT2D eigenvalue weighted by atomic mass is 14.9. The molecule has 0 saturated carbocycles. The predicted octanol–water partition coefficient (Wildman–Crippen LogP) is 5.26. The molecule has 0 rings (SSSR count). The van der Waals surface area contributed by atoms with E-state index in [1.54, 1.807) is 0 Å². The van der Waals surface area contributed by atoms with E-state index >= 15 is 0 Å². The Bertz CT molecular complexity index is 194. The Morgan fingerprint density at radius 3 is 1.95 bits per heavy atom. The van der Waals surface area contributed by atoms with Gasteiger partial charge in [0.05, 0.1) is 0 Å². The summed E-state index contributed by atoms with van der Waals surface area (Å²) in [4.78, 5) is 0. The molecule has 0 fully saturated rings. The first kappa shape index (κ1) is 20.9. The lowest BCUT2D eigenvalue weighted by molar-refractivity contribution is 0.401. The van der Waals surface area contributed by atoms with Gasteiger partial charge in [0.15, 0.2) is 0 Å². The standard InChI is InChI=1S/C19H42N2/c1-4-6-8-9-11-15-19(14-10-7-5-2)21-16-12-13-18(3)17-20/h18-19,21H,4-17,20H2,1-3H3. The quantitative estimate of drug-likeness (QED) is 0.381. The van der Waals surface area contributed by atoms with Crippen LogP contribution < -0.4 is 11.1 Å². The molecule has 21 heavy (non-hydrogen) atoms. The normalized spacial score (nSPS) is 14.3. The lowest BCUT2D eigenvalue weighted by Crippen LogP contribution is -2.30. The van der Waals surface area contributed by atoms with Crippen molar-refractivity contribution in [2.45, 2.75) is 104 Å². The maximum atomic E-state index is 5.68. The molecule has 0 saturated heterocycles. The first-order valence-corrected chi connectivity index (χ1v) is 9.68. The van der Waals surface area contributed by atoms with E-state index in [1.807, 2.05) is 0 Å². The Balaban J connectivity index is 3.74. The SMILES string of the molecule is CCCCCCCC(CCCCC)NCCCC(C)CN. The van der Waals surface area contributed by atoms with Crippen LogP contribution in [0.25, 0.3) is 0 Å². The first-order valence-electron chi connectivity index (χ1n) is 9.68. The van der Waals surface area contributed by atoms with Gasteiger partial charge in [0.1, 0.15) is 0 Å². The second kappa shape index (κ2) is 16.3. The number of unbranched alkanes of at least 4 members (excludes halogenated alkanes) is 6. The Kier molecular flexibility index (Phi) is 16.2. The van der Waals surface area contributed by atoms with Gasteiger partial charge in [-0.05, 0) is 44.7 Å². The molecule has 0 aliphatic carbocycles. The Labute approximate surface area is 134 Å². The van der Waals surface area contributed by atoms with E-state index in [9.17, 15) is 0 Å². The van der Waals surface area contributed by atoms with Gasteiger partial charge < -0.3 is 11.1 Å². The molecule has 128 valence electrons. The van der Waals surface area contributed by atoms with E-state index in [-0.39, 0.29) is 0 Å². The van der Waals surface area contributed by atoms with Gasteiger partial charge in [0.25, 0.3) is 0 Å². The molecule has 2 unspecified atom stereocenters. The van der Waals surface area contributed by atoms with Crippen LogP contribution in [-0.2, 0) is 0 Å². The van der Waals surface area contributed by atoms with Crippen molar-refractivity contribution in [1.82, 2.24) is 5.32 Å². The summed E-state index contributed by atoms with van der Waals surface area (Å²) in [7, 11) is 0. The van der Waals surface area contributed by atoms with Crippen LogP contribution in [0.1, 0.15) is 97.8 Å². The van der Waals surface area contributed by atoms with E-state index < -0.39 is 0 Å². The zero-order valence-corrected chi connectivity index (χ0v) is 15.1. The molecule has 0 aromatic heterocycles. The van der Waals surface area contributed by atoms with Crippen molar-refractivity contribution in [2.75, 3.05) is 13.1 Å². The Morgan fingerprint density at radius 1 is 0.762 bits per heavy atom. The van der Waals surface area contributed by atoms with Crippen molar-refractivity contribution >= 4 is 0 Å². The maximum Gasteiger partial charge on any atom is 0.00670 e. The number of hydrogen-bond acceptors (Lipinski definition) is 2. The summed E-state index contributed by atoms with van der Waals surface area (Å²) in [5, 5.41) is 3.81. The van der Waals surface area contributed by atoms with Crippen LogP contribution >= 0.6 is 0 Å². The molecule has 0 spiro atoms. The molecule has 0 bridgehead atoms. The summed E-state index contributed by atoms with van der Waals surface area (Å²) in [5.74, 6) is 0.680. The topological polar surface area (TPSA) is 38.0 Å². The summed E-state index contributed by atoms with van der Waals surface area (Å²) in [6.07, 6.45) is 16.4. The molecule has 0 heterocycles. The van der Waals surface area contributed by atoms with E-state index in [4.69, 9.17) is 5.73 Å². The van der Waals surface area contributed by atoms with Gasteiger partial charge in [0.2, 0.25) is 0 Å². The maximum absolute atomic E-state index is 5.68. The van der Waals surface area contributed by atoms with Gasteiger partial charge in [-0.25, -0.2) is 0 Å². The summed E-state index contributed by atoms with van der Waals surface area (Å²) in [5.41, 5.74) is 5.68. The molecule has 0 aliphatic heterocycles. The van der Waals surface area contributed by atoms with E-state index in [1.165, 1.54) is 83.6 Å². The van der Waals surface area contributed by atoms with E-state index in [0.29, 0.717) is 5.92 Å². The van der Waals surface area contributed by atoms with E-state index in [2.05, 4.69) is 26.1 Å². The van der Waals surface area contributed by atoms with Crippen LogP contribution in [0.4, 0.5) is 0 Å². The summed E-state index contributed by atoms with van der Waals surface area (Å²) < 4.78 is 0. The van der Waals surface area contributed by atoms with Gasteiger partial charge in [0, 0.05) is 6.04 Å². The lowest BCUT2D eigenvalue weighted by atomic mass is 10.0. The van der Waals surface area contributed by atoms with Gasteiger partial charge in [-0.3, -0.25) is 0 Å². The highest BCUT2D eigenvalue weighted by molar-refractivity contribution is 4.68. The summed E-state index contributed by atoms with van der Waals surface area (Å²) in [6, 6.07) is 0.756. The van der Waals surface area contributed by atoms with E-state index in [0.717, 1.165) is 12.6 Å². The molecule has 3 N–H and O–H groups in total. The zero-order chi connectivity index (χ0) is 15.8. The second-order valence-corrected chi connectivity index (χ2v) is 6.83. The van der Waals surface area contributed by atoms with Crippen molar-refractivity contribution in [3.8, 4) is 0 Å². The average Bonchev–Trinajstić information content (AvgIpc) is 2.50. The molecule has 0 aliphatic rings. The van der Waals surface area contributed by atoms with Crippen LogP contribution in [0.15, 0.2) is 0 Å². The van der Waals surface area contributed by atoms with Crippen LogP contribution in [0.2, 0.25) is 0 Å². The van der Waals surface area contributed by atoms with Gasteiger partial charge in [-0.15, -0.1) is 0 Å². The fourth-order valence-electron chi connectivity index (χ4n) is 2.86. The molecule has 2 nitrogen and oxygen atoms in total. The minimum absolute atomic E-state index is 0.680. The number of nitrogens with one attached hydrogen (secondary N) is 1. The second-order valence-electron chi connectivity index (χ2n) is 6.83. The van der Waals surface area contributed by atoms with Crippen LogP contribution in [0.5, 0.6) is 0 Å². The van der Waals surface area contributed by atoms with Crippen LogP contribution in [0, 0.1) is 5.92 Å². The monoisotopic (exact) mass is 298 g/mol. The fourth-order valence-corrected chi connectivity index (χ4v) is 2.86. The van der Waals surface area contributed by atoms with Gasteiger partial charge >= 0.3 is 0 Å². The van der Waals surface area contributed by atoms with Crippen molar-refractivity contribution in [3.63, 3.8) is 0 Å². The molecule has 0 amide bonds. The highest BCUT2D eigenvalue weighted by Crippen LogP contribution is 2.13. The van der Waals surface area contributed by atoms with Gasteiger partial charge in [-0.2, -0.15) is 0 Å². The molecule has 2 atom stereocenters. The molecular formula is C19H42N2. The zero-order valence-electron chi connectivity index (χ0n) is 15.1. The predicted molar refractivity (Wildman–Crippen MR) is 96.8 cm³/mol. The number of rotatable bonds is 16. The van der Waals surface area contributed by atoms with Crippen molar-refractivity contribution in [1.29, 1.82) is 0 Å². The largest absolute Gasteiger partial charge is 0.330 e. The van der Waals surface area contributed by atoms with Crippen molar-refractivity contribution in [3.05, 3.63) is 0 Å². The summed E-state index contributed by atoms with van der Waals surface area (Å²) in [6.45, 7) is 8.85. The van der Waals surface area contributed by atoms with Crippen molar-refractivity contribution in [2.24, 2.45) is 11.7 Å². The Hall–Kier alpha value is -0.0800. The molecular weight excluding hydrogens is 256 g/mol. The summed E-state index contributed by atoms with van der Waals surface area (Å²) >= 11 is 0. The minimum Gasteiger partial charge on any atom is -0.330 e. The molecule has 0 aromatic rings. The highest BCUT2D eigenvalue weighted by Gasteiger charge is 2.08. The third-order valence-electron chi connectivity index (χ3n) is 4.52. The van der Waals surface area contributed by atoms with Crippen LogP contribution in [0.3, 0.4) is 0 Å². The molecule has 2 heteroatoms. The molecule has 0 aromatic carbocycles. The van der Waals surface area contributed by atoms with Crippen molar-refractivity contribution < 1.29 is 0 Å². The average molecular weight is 299 g/mol. The Morgan fingerprint density at radius 2 is 1.33 bits per heavy atom. The smallest absolute Gasteiger partial charge is 0.00670 e. The number of hydrogen-bond donors (Lipinski definition) is 2. The fraction of sp³-hybridized carbons (Fsp3) is 1.00.